The van der Waals surface area contributed by atoms with E-state index in [0.29, 0.717) is 19.4 Å². The van der Waals surface area contributed by atoms with Crippen LogP contribution in [0.25, 0.3) is 0 Å². The molecular formula is C9H12O3. The molecule has 1 heterocycles. The van der Waals surface area contributed by atoms with Crippen molar-refractivity contribution in [1.82, 2.24) is 0 Å². The highest BCUT2D eigenvalue weighted by Crippen LogP contribution is 2.31. The second-order valence-corrected chi connectivity index (χ2v) is 3.46. The van der Waals surface area contributed by atoms with E-state index in [1.165, 1.54) is 6.08 Å². The highest BCUT2D eigenvalue weighted by atomic mass is 16.5. The zero-order valence-electron chi connectivity index (χ0n) is 6.82. The van der Waals surface area contributed by atoms with Gasteiger partial charge in [-0.05, 0) is 25.0 Å². The van der Waals surface area contributed by atoms with E-state index in [1.807, 2.05) is 0 Å². The Bertz CT molecular complexity index is 234. The number of fused-ring (bicyclic) bond motifs is 1. The molecule has 66 valence electrons. The Labute approximate surface area is 71.0 Å². The molecule has 0 amide bonds. The van der Waals surface area contributed by atoms with Crippen LogP contribution >= 0.6 is 0 Å². The van der Waals surface area contributed by atoms with Crippen LogP contribution in [0.5, 0.6) is 0 Å². The summed E-state index contributed by atoms with van der Waals surface area (Å²) in [5.74, 6) is 0.0478. The van der Waals surface area contributed by atoms with Gasteiger partial charge in [0.25, 0.3) is 0 Å². The lowest BCUT2D eigenvalue weighted by Gasteiger charge is -2.39. The summed E-state index contributed by atoms with van der Waals surface area (Å²) >= 11 is 0. The SMILES string of the molecule is O=C1C=C[C@]2(O)CCCO[C@@H]2C1. The van der Waals surface area contributed by atoms with Gasteiger partial charge >= 0.3 is 0 Å². The molecule has 0 unspecified atom stereocenters. The van der Waals surface area contributed by atoms with Crippen molar-refractivity contribution in [3.8, 4) is 0 Å². The monoisotopic (exact) mass is 168 g/mol. The third-order valence-corrected chi connectivity index (χ3v) is 2.54. The molecule has 1 aliphatic heterocycles. The van der Waals surface area contributed by atoms with E-state index in [1.54, 1.807) is 6.08 Å². The standard InChI is InChI=1S/C9H12O3/c10-7-2-4-9(11)3-1-5-12-8(9)6-7/h2,4,8,11H,1,3,5-6H2/t8-,9-/m1/s1. The van der Waals surface area contributed by atoms with E-state index >= 15 is 0 Å². The van der Waals surface area contributed by atoms with Crippen LogP contribution in [-0.2, 0) is 9.53 Å². The van der Waals surface area contributed by atoms with Crippen molar-refractivity contribution >= 4 is 5.78 Å². The predicted molar refractivity (Wildman–Crippen MR) is 42.7 cm³/mol. The Kier molecular flexibility index (Phi) is 1.77. The molecule has 1 N–H and O–H groups in total. The van der Waals surface area contributed by atoms with Crippen molar-refractivity contribution in [2.45, 2.75) is 31.0 Å². The first-order chi connectivity index (χ1) is 5.71. The molecule has 3 heteroatoms. The number of hydrogen-bond acceptors (Lipinski definition) is 3. The van der Waals surface area contributed by atoms with Gasteiger partial charge in [-0.1, -0.05) is 0 Å². The maximum atomic E-state index is 11.0. The Morgan fingerprint density at radius 3 is 3.33 bits per heavy atom. The summed E-state index contributed by atoms with van der Waals surface area (Å²) in [5.41, 5.74) is -0.869. The molecule has 1 saturated heterocycles. The van der Waals surface area contributed by atoms with Crippen LogP contribution in [0.4, 0.5) is 0 Å². The summed E-state index contributed by atoms with van der Waals surface area (Å²) in [6.07, 6.45) is 4.65. The number of allylic oxidation sites excluding steroid dienone is 1. The van der Waals surface area contributed by atoms with Crippen LogP contribution in [0.1, 0.15) is 19.3 Å². The summed E-state index contributed by atoms with van der Waals surface area (Å²) in [6, 6.07) is 0. The number of ether oxygens (including phenoxy) is 1. The molecule has 0 radical (unpaired) electrons. The molecule has 12 heavy (non-hydrogen) atoms. The molecule has 2 aliphatic rings. The third-order valence-electron chi connectivity index (χ3n) is 2.54. The maximum Gasteiger partial charge on any atom is 0.158 e. The van der Waals surface area contributed by atoms with Crippen LogP contribution in [-0.4, -0.2) is 29.2 Å². The lowest BCUT2D eigenvalue weighted by atomic mass is 9.82. The van der Waals surface area contributed by atoms with Gasteiger partial charge in [-0.15, -0.1) is 0 Å². The molecule has 0 aromatic heterocycles. The highest BCUT2D eigenvalue weighted by molar-refractivity contribution is 5.91. The molecule has 2 atom stereocenters. The lowest BCUT2D eigenvalue weighted by molar-refractivity contribution is -0.141. The number of carbonyl (C=O) groups excluding carboxylic acids is 1. The number of ketones is 1. The molecule has 3 nitrogen and oxygen atoms in total. The zero-order valence-corrected chi connectivity index (χ0v) is 6.82. The van der Waals surface area contributed by atoms with E-state index < -0.39 is 5.60 Å². The van der Waals surface area contributed by atoms with Gasteiger partial charge in [-0.25, -0.2) is 0 Å². The fraction of sp³-hybridized carbons (Fsp3) is 0.667. The Hall–Kier alpha value is -0.670. The van der Waals surface area contributed by atoms with Gasteiger partial charge in [0.1, 0.15) is 5.60 Å². The topological polar surface area (TPSA) is 46.5 Å². The molecule has 0 bridgehead atoms. The molecule has 0 spiro atoms. The molecule has 1 fully saturated rings. The summed E-state index contributed by atoms with van der Waals surface area (Å²) < 4.78 is 5.33. The van der Waals surface area contributed by atoms with Crippen molar-refractivity contribution < 1.29 is 14.6 Å². The van der Waals surface area contributed by atoms with Gasteiger partial charge in [-0.2, -0.15) is 0 Å². The minimum atomic E-state index is -0.869. The quantitative estimate of drug-likeness (QED) is 0.570. The van der Waals surface area contributed by atoms with Gasteiger partial charge < -0.3 is 9.84 Å². The predicted octanol–water partition coefficient (Wildman–Crippen LogP) is 0.425. The van der Waals surface area contributed by atoms with Crippen molar-refractivity contribution in [2.75, 3.05) is 6.61 Å². The lowest BCUT2D eigenvalue weighted by Crippen LogP contribution is -2.48. The van der Waals surface area contributed by atoms with Crippen molar-refractivity contribution in [1.29, 1.82) is 0 Å². The number of hydrogen-bond donors (Lipinski definition) is 1. The molecule has 0 saturated carbocycles. The van der Waals surface area contributed by atoms with E-state index in [2.05, 4.69) is 0 Å². The van der Waals surface area contributed by atoms with Crippen LogP contribution < -0.4 is 0 Å². The average Bonchev–Trinajstić information content (AvgIpc) is 2.06. The third kappa shape index (κ3) is 1.19. The van der Waals surface area contributed by atoms with Crippen LogP contribution in [0.15, 0.2) is 12.2 Å². The van der Waals surface area contributed by atoms with Gasteiger partial charge in [0.2, 0.25) is 0 Å². The fourth-order valence-electron chi connectivity index (χ4n) is 1.80. The molecule has 0 aromatic carbocycles. The van der Waals surface area contributed by atoms with Gasteiger partial charge in [0.15, 0.2) is 5.78 Å². The maximum absolute atomic E-state index is 11.0. The number of carbonyl (C=O) groups is 1. The number of rotatable bonds is 0. The Balaban J connectivity index is 2.23. The van der Waals surface area contributed by atoms with E-state index in [0.717, 1.165) is 6.42 Å². The van der Waals surface area contributed by atoms with Gasteiger partial charge in [0.05, 0.1) is 6.10 Å². The van der Waals surface area contributed by atoms with Crippen LogP contribution in [0, 0.1) is 0 Å². The van der Waals surface area contributed by atoms with Gasteiger partial charge in [0, 0.05) is 13.0 Å². The minimum Gasteiger partial charge on any atom is -0.383 e. The second-order valence-electron chi connectivity index (χ2n) is 3.46. The minimum absolute atomic E-state index is 0.0478. The van der Waals surface area contributed by atoms with E-state index in [9.17, 15) is 9.90 Å². The van der Waals surface area contributed by atoms with Crippen LogP contribution in [0.3, 0.4) is 0 Å². The smallest absolute Gasteiger partial charge is 0.158 e. The summed E-state index contributed by atoms with van der Waals surface area (Å²) in [6.45, 7) is 0.661. The molecule has 2 rings (SSSR count). The first-order valence-electron chi connectivity index (χ1n) is 4.27. The van der Waals surface area contributed by atoms with Crippen molar-refractivity contribution in [2.24, 2.45) is 0 Å². The first-order valence-corrected chi connectivity index (χ1v) is 4.27. The van der Waals surface area contributed by atoms with Crippen LogP contribution in [0.2, 0.25) is 0 Å². The molecule has 1 aliphatic carbocycles. The molecule has 0 aromatic rings. The van der Waals surface area contributed by atoms with Gasteiger partial charge in [-0.3, -0.25) is 4.79 Å². The summed E-state index contributed by atoms with van der Waals surface area (Å²) in [4.78, 5) is 11.0. The zero-order chi connectivity index (χ0) is 8.60. The second kappa shape index (κ2) is 2.68. The first kappa shape index (κ1) is 7.95. The summed E-state index contributed by atoms with van der Waals surface area (Å²) in [7, 11) is 0. The normalized spacial score (nSPS) is 41.1. The Morgan fingerprint density at radius 1 is 1.67 bits per heavy atom. The van der Waals surface area contributed by atoms with E-state index in [4.69, 9.17) is 4.74 Å². The van der Waals surface area contributed by atoms with E-state index in [-0.39, 0.29) is 11.9 Å². The summed E-state index contributed by atoms with van der Waals surface area (Å²) in [5, 5.41) is 9.94. The largest absolute Gasteiger partial charge is 0.383 e. The Morgan fingerprint density at radius 2 is 2.50 bits per heavy atom. The molecular weight excluding hydrogens is 156 g/mol. The van der Waals surface area contributed by atoms with Crippen molar-refractivity contribution in [3.63, 3.8) is 0 Å². The highest BCUT2D eigenvalue weighted by Gasteiger charge is 2.41. The number of aliphatic hydroxyl groups is 1. The van der Waals surface area contributed by atoms with Crippen molar-refractivity contribution in [3.05, 3.63) is 12.2 Å². The average molecular weight is 168 g/mol. The fourth-order valence-corrected chi connectivity index (χ4v) is 1.80.